The quantitative estimate of drug-likeness (QED) is 0.896. The van der Waals surface area contributed by atoms with E-state index in [0.717, 1.165) is 16.9 Å². The molecule has 0 aliphatic carbocycles. The number of methoxy groups -OCH3 is 1. The number of benzene rings is 1. The Hall–Kier alpha value is -1.71. The second kappa shape index (κ2) is 4.52. The van der Waals surface area contributed by atoms with Crippen molar-refractivity contribution in [3.8, 4) is 5.75 Å². The van der Waals surface area contributed by atoms with E-state index in [9.17, 15) is 4.79 Å². The lowest BCUT2D eigenvalue weighted by atomic mass is 9.91. The van der Waals surface area contributed by atoms with Crippen LogP contribution in [0.4, 0.5) is 4.79 Å². The molecular weight excluding hydrogens is 230 g/mol. The average Bonchev–Trinajstić information content (AvgIpc) is 2.69. The monoisotopic (exact) mass is 249 g/mol. The summed E-state index contributed by atoms with van der Waals surface area (Å²) in [6.07, 6.45) is -0.362. The van der Waals surface area contributed by atoms with Gasteiger partial charge in [-0.25, -0.2) is 4.79 Å². The zero-order valence-electron chi connectivity index (χ0n) is 11.2. The lowest BCUT2D eigenvalue weighted by Crippen LogP contribution is -2.26. The van der Waals surface area contributed by atoms with Crippen molar-refractivity contribution < 1.29 is 14.3 Å². The van der Waals surface area contributed by atoms with Crippen LogP contribution in [0.1, 0.15) is 37.8 Å². The predicted octanol–water partition coefficient (Wildman–Crippen LogP) is 2.77. The van der Waals surface area contributed by atoms with E-state index in [2.05, 4.69) is 25.2 Å². The van der Waals surface area contributed by atoms with Gasteiger partial charge in [-0.1, -0.05) is 19.9 Å². The van der Waals surface area contributed by atoms with Crippen molar-refractivity contribution in [3.05, 3.63) is 29.3 Å². The molecule has 2 rings (SSSR count). The molecule has 4 heteroatoms. The Labute approximate surface area is 107 Å². The van der Waals surface area contributed by atoms with Gasteiger partial charge in [0.1, 0.15) is 5.75 Å². The van der Waals surface area contributed by atoms with Crippen LogP contribution in [0.2, 0.25) is 0 Å². The molecule has 0 spiro atoms. The van der Waals surface area contributed by atoms with Gasteiger partial charge < -0.3 is 14.8 Å². The third-order valence-corrected chi connectivity index (χ3v) is 3.35. The van der Waals surface area contributed by atoms with Crippen molar-refractivity contribution in [1.82, 2.24) is 5.32 Å². The fraction of sp³-hybridized carbons (Fsp3) is 0.500. The Kier molecular flexibility index (Phi) is 3.20. The molecule has 1 amide bonds. The molecule has 1 aromatic rings. The molecule has 1 aromatic carbocycles. The number of amides is 1. The zero-order valence-corrected chi connectivity index (χ0v) is 11.2. The Balaban J connectivity index is 2.41. The molecule has 98 valence electrons. The average molecular weight is 249 g/mol. The lowest BCUT2D eigenvalue weighted by Gasteiger charge is -2.23. The molecule has 1 fully saturated rings. The molecule has 0 saturated carbocycles. The summed E-state index contributed by atoms with van der Waals surface area (Å²) in [6, 6.07) is 5.94. The van der Waals surface area contributed by atoms with Gasteiger partial charge in [0.25, 0.3) is 0 Å². The molecule has 0 bridgehead atoms. The Bertz CT molecular complexity index is 470. The normalized spacial score (nSPS) is 22.8. The Morgan fingerprint density at radius 1 is 1.44 bits per heavy atom. The van der Waals surface area contributed by atoms with Crippen LogP contribution in [-0.2, 0) is 10.3 Å². The molecule has 1 aliphatic rings. The van der Waals surface area contributed by atoms with Crippen LogP contribution in [-0.4, -0.2) is 19.7 Å². The highest BCUT2D eigenvalue weighted by Gasteiger charge is 2.37. The van der Waals surface area contributed by atoms with Gasteiger partial charge in [0.2, 0.25) is 0 Å². The first-order valence-electron chi connectivity index (χ1n) is 6.11. The van der Waals surface area contributed by atoms with E-state index in [1.165, 1.54) is 0 Å². The molecule has 4 nitrogen and oxygen atoms in total. The largest absolute Gasteiger partial charge is 0.496 e. The van der Waals surface area contributed by atoms with Gasteiger partial charge in [-0.05, 0) is 36.1 Å². The van der Waals surface area contributed by atoms with Crippen LogP contribution in [0, 0.1) is 0 Å². The van der Waals surface area contributed by atoms with Gasteiger partial charge in [0, 0.05) is 0 Å². The molecule has 1 aliphatic heterocycles. The van der Waals surface area contributed by atoms with E-state index in [0.29, 0.717) is 12.5 Å². The molecule has 1 saturated heterocycles. The number of rotatable bonds is 3. The highest BCUT2D eigenvalue weighted by molar-refractivity contribution is 5.70. The van der Waals surface area contributed by atoms with E-state index in [1.807, 2.05) is 19.1 Å². The number of hydrogen-bond acceptors (Lipinski definition) is 3. The maximum absolute atomic E-state index is 11.2. The van der Waals surface area contributed by atoms with Crippen LogP contribution in [0.3, 0.4) is 0 Å². The molecule has 1 N–H and O–H groups in total. The molecule has 18 heavy (non-hydrogen) atoms. The van der Waals surface area contributed by atoms with Crippen LogP contribution >= 0.6 is 0 Å². The Morgan fingerprint density at radius 2 is 2.17 bits per heavy atom. The van der Waals surface area contributed by atoms with E-state index >= 15 is 0 Å². The fourth-order valence-electron chi connectivity index (χ4n) is 2.19. The molecule has 1 heterocycles. The second-order valence-corrected chi connectivity index (χ2v) is 5.09. The van der Waals surface area contributed by atoms with Gasteiger partial charge in [-0.2, -0.15) is 0 Å². The predicted molar refractivity (Wildman–Crippen MR) is 68.9 cm³/mol. The van der Waals surface area contributed by atoms with Gasteiger partial charge in [-0.15, -0.1) is 0 Å². The first-order chi connectivity index (χ1) is 8.46. The fourth-order valence-corrected chi connectivity index (χ4v) is 2.19. The van der Waals surface area contributed by atoms with Crippen LogP contribution < -0.4 is 10.1 Å². The van der Waals surface area contributed by atoms with Gasteiger partial charge in [-0.3, -0.25) is 0 Å². The summed E-state index contributed by atoms with van der Waals surface area (Å²) < 4.78 is 10.7. The maximum Gasteiger partial charge on any atom is 0.408 e. The third kappa shape index (κ3) is 2.15. The van der Waals surface area contributed by atoms with Crippen LogP contribution in [0.5, 0.6) is 5.75 Å². The van der Waals surface area contributed by atoms with Crippen molar-refractivity contribution in [3.63, 3.8) is 0 Å². The molecule has 0 radical (unpaired) electrons. The molecule has 1 unspecified atom stereocenters. The number of ether oxygens (including phenoxy) is 2. The van der Waals surface area contributed by atoms with Crippen molar-refractivity contribution in [2.24, 2.45) is 0 Å². The number of hydrogen-bond donors (Lipinski definition) is 1. The number of alkyl carbamates (subject to hydrolysis) is 1. The lowest BCUT2D eigenvalue weighted by molar-refractivity contribution is 0.0703. The molecule has 1 atom stereocenters. The summed E-state index contributed by atoms with van der Waals surface area (Å²) in [4.78, 5) is 11.2. The maximum atomic E-state index is 11.2. The number of nitrogens with one attached hydrogen (secondary N) is 1. The highest BCUT2D eigenvalue weighted by Crippen LogP contribution is 2.34. The standard InChI is InChI=1S/C14H19NO3/c1-9(2)11-7-10(5-6-12(11)17-4)14(3)8-15-13(16)18-14/h5-7,9H,8H2,1-4H3,(H,15,16). The van der Waals surface area contributed by atoms with Crippen LogP contribution in [0.15, 0.2) is 18.2 Å². The van der Waals surface area contributed by atoms with E-state index in [1.54, 1.807) is 7.11 Å². The van der Waals surface area contributed by atoms with Crippen molar-refractivity contribution in [2.45, 2.75) is 32.3 Å². The SMILES string of the molecule is COc1ccc(C2(C)CNC(=O)O2)cc1C(C)C. The van der Waals surface area contributed by atoms with E-state index in [4.69, 9.17) is 9.47 Å². The highest BCUT2D eigenvalue weighted by atomic mass is 16.6. The number of carbonyl (C=O) groups excluding carboxylic acids is 1. The number of carbonyl (C=O) groups is 1. The van der Waals surface area contributed by atoms with Gasteiger partial charge >= 0.3 is 6.09 Å². The topological polar surface area (TPSA) is 47.6 Å². The minimum absolute atomic E-state index is 0.355. The number of cyclic esters (lactones) is 1. The third-order valence-electron chi connectivity index (χ3n) is 3.35. The minimum atomic E-state index is -0.590. The summed E-state index contributed by atoms with van der Waals surface area (Å²) in [6.45, 7) is 6.64. The molecular formula is C14H19NO3. The summed E-state index contributed by atoms with van der Waals surface area (Å²) in [7, 11) is 1.67. The minimum Gasteiger partial charge on any atom is -0.496 e. The zero-order chi connectivity index (χ0) is 13.3. The van der Waals surface area contributed by atoms with Crippen molar-refractivity contribution in [1.29, 1.82) is 0 Å². The smallest absolute Gasteiger partial charge is 0.408 e. The van der Waals surface area contributed by atoms with E-state index < -0.39 is 5.60 Å². The van der Waals surface area contributed by atoms with Crippen LogP contribution in [0.25, 0.3) is 0 Å². The second-order valence-electron chi connectivity index (χ2n) is 5.09. The summed E-state index contributed by atoms with van der Waals surface area (Å²) in [5.74, 6) is 1.23. The summed E-state index contributed by atoms with van der Waals surface area (Å²) in [5.41, 5.74) is 1.53. The van der Waals surface area contributed by atoms with Gasteiger partial charge in [0.05, 0.1) is 13.7 Å². The first kappa shape index (κ1) is 12.7. The first-order valence-corrected chi connectivity index (χ1v) is 6.11. The van der Waals surface area contributed by atoms with Crippen molar-refractivity contribution >= 4 is 6.09 Å². The van der Waals surface area contributed by atoms with Crippen molar-refractivity contribution in [2.75, 3.05) is 13.7 Å². The Morgan fingerprint density at radius 3 is 2.67 bits per heavy atom. The van der Waals surface area contributed by atoms with Gasteiger partial charge in [0.15, 0.2) is 5.60 Å². The summed E-state index contributed by atoms with van der Waals surface area (Å²) >= 11 is 0. The summed E-state index contributed by atoms with van der Waals surface area (Å²) in [5, 5.41) is 2.69. The molecule has 0 aromatic heterocycles. The van der Waals surface area contributed by atoms with E-state index in [-0.39, 0.29) is 6.09 Å².